The van der Waals surface area contributed by atoms with Crippen LogP contribution in [-0.2, 0) is 4.79 Å². The fourth-order valence-corrected chi connectivity index (χ4v) is 2.88. The van der Waals surface area contributed by atoms with Gasteiger partial charge in [0.15, 0.2) is 0 Å². The zero-order chi connectivity index (χ0) is 21.3. The first kappa shape index (κ1) is 20.7. The molecule has 0 bridgehead atoms. The predicted molar refractivity (Wildman–Crippen MR) is 119 cm³/mol. The maximum atomic E-state index is 12.6. The minimum absolute atomic E-state index is 0.0305. The number of nitrogens with zero attached hydrogens (tertiary/aromatic N) is 2. The molecule has 30 heavy (non-hydrogen) atoms. The Hall–Kier alpha value is -4.04. The van der Waals surface area contributed by atoms with Crippen LogP contribution in [-0.4, -0.2) is 12.5 Å². The van der Waals surface area contributed by atoms with Crippen LogP contribution in [0.4, 0.5) is 11.4 Å². The summed E-state index contributed by atoms with van der Waals surface area (Å²) in [5.41, 5.74) is 2.66. The summed E-state index contributed by atoms with van der Waals surface area (Å²) in [7, 11) is 0. The third kappa shape index (κ3) is 5.49. The Balaban J connectivity index is 1.70. The molecule has 0 heterocycles. The standard InChI is InChI=1S/C25H23N3O2/c1-3-28(22-9-7-8-19(2)16-22)18-20(17-26)25(29)27-21-12-14-24(15-13-21)30-23-10-5-4-6-11-23/h4-16,18H,3H2,1-2H3,(H,27,29)/b20-18-. The summed E-state index contributed by atoms with van der Waals surface area (Å²) in [6, 6.07) is 26.4. The zero-order valence-electron chi connectivity index (χ0n) is 17.0. The van der Waals surface area contributed by atoms with Gasteiger partial charge in [-0.25, -0.2) is 0 Å². The Labute approximate surface area is 176 Å². The molecule has 0 aromatic heterocycles. The van der Waals surface area contributed by atoms with Gasteiger partial charge >= 0.3 is 0 Å². The van der Waals surface area contributed by atoms with Gasteiger partial charge < -0.3 is 15.0 Å². The van der Waals surface area contributed by atoms with Gasteiger partial charge in [0.2, 0.25) is 0 Å². The van der Waals surface area contributed by atoms with Crippen LogP contribution in [0, 0.1) is 18.3 Å². The molecule has 150 valence electrons. The van der Waals surface area contributed by atoms with Crippen molar-refractivity contribution in [2.45, 2.75) is 13.8 Å². The second-order valence-electron chi connectivity index (χ2n) is 6.67. The number of amides is 1. The molecule has 5 heteroatoms. The first-order valence-corrected chi connectivity index (χ1v) is 9.68. The van der Waals surface area contributed by atoms with Crippen molar-refractivity contribution in [3.63, 3.8) is 0 Å². The van der Waals surface area contributed by atoms with Crippen LogP contribution in [0.25, 0.3) is 0 Å². The zero-order valence-corrected chi connectivity index (χ0v) is 17.0. The molecule has 0 aliphatic heterocycles. The molecule has 3 aromatic rings. The van der Waals surface area contributed by atoms with Gasteiger partial charge in [0.1, 0.15) is 23.1 Å². The van der Waals surface area contributed by atoms with E-state index < -0.39 is 5.91 Å². The summed E-state index contributed by atoms with van der Waals surface area (Å²) >= 11 is 0. The first-order valence-electron chi connectivity index (χ1n) is 9.68. The lowest BCUT2D eigenvalue weighted by atomic mass is 10.2. The van der Waals surface area contributed by atoms with Gasteiger partial charge in [-0.15, -0.1) is 0 Å². The van der Waals surface area contributed by atoms with Gasteiger partial charge in [0.25, 0.3) is 5.91 Å². The Morgan fingerprint density at radius 3 is 2.37 bits per heavy atom. The van der Waals surface area contributed by atoms with E-state index in [1.54, 1.807) is 30.5 Å². The van der Waals surface area contributed by atoms with Crippen molar-refractivity contribution in [1.29, 1.82) is 5.26 Å². The number of nitriles is 1. The molecule has 0 fully saturated rings. The van der Waals surface area contributed by atoms with E-state index in [0.717, 1.165) is 17.0 Å². The second kappa shape index (κ2) is 9.94. The number of hydrogen-bond acceptors (Lipinski definition) is 4. The molecule has 5 nitrogen and oxygen atoms in total. The number of ether oxygens (including phenoxy) is 1. The highest BCUT2D eigenvalue weighted by Crippen LogP contribution is 2.23. The van der Waals surface area contributed by atoms with Crippen LogP contribution in [0.2, 0.25) is 0 Å². The summed E-state index contributed by atoms with van der Waals surface area (Å²) in [6.45, 7) is 4.61. The highest BCUT2D eigenvalue weighted by molar-refractivity contribution is 6.06. The van der Waals surface area contributed by atoms with Gasteiger partial charge in [0.05, 0.1) is 0 Å². The largest absolute Gasteiger partial charge is 0.457 e. The molecule has 0 atom stereocenters. The number of carbonyl (C=O) groups is 1. The number of benzene rings is 3. The smallest absolute Gasteiger partial charge is 0.267 e. The number of para-hydroxylation sites is 1. The molecule has 0 saturated heterocycles. The Kier molecular flexibility index (Phi) is 6.86. The SMILES string of the molecule is CCN(/C=C(/C#N)C(=O)Nc1ccc(Oc2ccccc2)cc1)c1cccc(C)c1. The Morgan fingerprint density at radius 2 is 1.73 bits per heavy atom. The van der Waals surface area contributed by atoms with E-state index in [-0.39, 0.29) is 5.57 Å². The molecule has 1 N–H and O–H groups in total. The van der Waals surface area contributed by atoms with Crippen molar-refractivity contribution in [3.8, 4) is 17.6 Å². The number of hydrogen-bond donors (Lipinski definition) is 1. The van der Waals surface area contributed by atoms with Crippen LogP contribution < -0.4 is 15.0 Å². The van der Waals surface area contributed by atoms with Crippen molar-refractivity contribution >= 4 is 17.3 Å². The van der Waals surface area contributed by atoms with Crippen LogP contribution in [0.5, 0.6) is 11.5 Å². The number of nitrogens with one attached hydrogen (secondary N) is 1. The molecule has 1 amide bonds. The highest BCUT2D eigenvalue weighted by atomic mass is 16.5. The summed E-state index contributed by atoms with van der Waals surface area (Å²) in [5, 5.41) is 12.3. The van der Waals surface area contributed by atoms with Crippen LogP contribution in [0.15, 0.2) is 90.6 Å². The lowest BCUT2D eigenvalue weighted by Gasteiger charge is -2.19. The molecule has 3 rings (SSSR count). The average Bonchev–Trinajstić information content (AvgIpc) is 2.76. The summed E-state index contributed by atoms with van der Waals surface area (Å²) in [4.78, 5) is 14.5. The van der Waals surface area contributed by atoms with Crippen molar-refractivity contribution in [3.05, 3.63) is 96.2 Å². The van der Waals surface area contributed by atoms with Gasteiger partial charge in [-0.1, -0.05) is 30.3 Å². The lowest BCUT2D eigenvalue weighted by molar-refractivity contribution is -0.112. The average molecular weight is 397 g/mol. The number of carbonyl (C=O) groups excluding carboxylic acids is 1. The molecule has 0 aliphatic carbocycles. The van der Waals surface area contributed by atoms with Crippen molar-refractivity contribution < 1.29 is 9.53 Å². The minimum Gasteiger partial charge on any atom is -0.457 e. The summed E-state index contributed by atoms with van der Waals surface area (Å²) < 4.78 is 5.75. The van der Waals surface area contributed by atoms with E-state index >= 15 is 0 Å². The van der Waals surface area contributed by atoms with E-state index in [4.69, 9.17) is 4.74 Å². The predicted octanol–water partition coefficient (Wildman–Crippen LogP) is 5.66. The van der Waals surface area contributed by atoms with E-state index in [1.165, 1.54) is 0 Å². The normalized spacial score (nSPS) is 10.8. The van der Waals surface area contributed by atoms with Crippen LogP contribution in [0.1, 0.15) is 12.5 Å². The van der Waals surface area contributed by atoms with Gasteiger partial charge in [-0.3, -0.25) is 4.79 Å². The van der Waals surface area contributed by atoms with E-state index in [0.29, 0.717) is 18.0 Å². The summed E-state index contributed by atoms with van der Waals surface area (Å²) in [6.07, 6.45) is 1.58. The molecule has 0 saturated carbocycles. The Morgan fingerprint density at radius 1 is 1.03 bits per heavy atom. The van der Waals surface area contributed by atoms with E-state index in [9.17, 15) is 10.1 Å². The molecule has 0 spiro atoms. The molecular weight excluding hydrogens is 374 g/mol. The Bertz CT molecular complexity index is 1070. The number of anilines is 2. The number of rotatable bonds is 7. The quantitative estimate of drug-likeness (QED) is 0.413. The third-order valence-electron chi connectivity index (χ3n) is 4.42. The maximum Gasteiger partial charge on any atom is 0.267 e. The summed E-state index contributed by atoms with van der Waals surface area (Å²) in [5.74, 6) is 0.937. The topological polar surface area (TPSA) is 65.4 Å². The number of aryl methyl sites for hydroxylation is 1. The lowest BCUT2D eigenvalue weighted by Crippen LogP contribution is -2.20. The van der Waals surface area contributed by atoms with Gasteiger partial charge in [-0.2, -0.15) is 5.26 Å². The first-order chi connectivity index (χ1) is 14.6. The van der Waals surface area contributed by atoms with Gasteiger partial charge in [0, 0.05) is 24.1 Å². The monoisotopic (exact) mass is 397 g/mol. The van der Waals surface area contributed by atoms with Crippen molar-refractivity contribution in [2.75, 3.05) is 16.8 Å². The molecule has 0 aliphatic rings. The van der Waals surface area contributed by atoms with Crippen molar-refractivity contribution in [1.82, 2.24) is 0 Å². The third-order valence-corrected chi connectivity index (χ3v) is 4.42. The maximum absolute atomic E-state index is 12.6. The van der Waals surface area contributed by atoms with Crippen molar-refractivity contribution in [2.24, 2.45) is 0 Å². The highest BCUT2D eigenvalue weighted by Gasteiger charge is 2.12. The minimum atomic E-state index is -0.458. The van der Waals surface area contributed by atoms with Gasteiger partial charge in [-0.05, 0) is 67.9 Å². The van der Waals surface area contributed by atoms with E-state index in [1.807, 2.05) is 79.4 Å². The molecule has 0 radical (unpaired) electrons. The molecule has 3 aromatic carbocycles. The fourth-order valence-electron chi connectivity index (χ4n) is 2.88. The van der Waals surface area contributed by atoms with Crippen LogP contribution >= 0.6 is 0 Å². The molecular formula is C25H23N3O2. The van der Waals surface area contributed by atoms with E-state index in [2.05, 4.69) is 5.32 Å². The van der Waals surface area contributed by atoms with Crippen LogP contribution in [0.3, 0.4) is 0 Å². The second-order valence-corrected chi connectivity index (χ2v) is 6.67. The fraction of sp³-hybridized carbons (Fsp3) is 0.120. The molecule has 0 unspecified atom stereocenters.